The number of nitrogens with zero attached hydrogens (tertiary/aromatic N) is 2. The average molecular weight is 841 g/mol. The van der Waals surface area contributed by atoms with E-state index in [1.165, 1.54) is 88.2 Å². The van der Waals surface area contributed by atoms with Crippen molar-refractivity contribution in [3.63, 3.8) is 0 Å². The molecule has 0 heterocycles. The fraction of sp³-hybridized carbons (Fsp3) is 0.689. The summed E-state index contributed by atoms with van der Waals surface area (Å²) >= 11 is -0.826. The molecule has 0 amide bonds. The number of unbranched alkanes of at least 4 members (excludes halogenated alkanes) is 10. The van der Waals surface area contributed by atoms with Crippen LogP contribution in [0.15, 0.2) is 34.3 Å². The summed E-state index contributed by atoms with van der Waals surface area (Å²) in [5, 5.41) is 21.3. The molecule has 2 aromatic carbocycles. The molecule has 0 aliphatic rings. The van der Waals surface area contributed by atoms with Gasteiger partial charge >= 0.3 is 37.9 Å². The van der Waals surface area contributed by atoms with E-state index in [-0.39, 0.29) is 30.3 Å². The van der Waals surface area contributed by atoms with E-state index >= 15 is 0 Å². The van der Waals surface area contributed by atoms with Crippen LogP contribution in [0.5, 0.6) is 11.5 Å². The van der Waals surface area contributed by atoms with Crippen molar-refractivity contribution < 1.29 is 31.1 Å². The third-order valence-corrected chi connectivity index (χ3v) is 8.68. The summed E-state index contributed by atoms with van der Waals surface area (Å²) in [6.45, 7) is 25.6. The van der Waals surface area contributed by atoms with E-state index in [0.29, 0.717) is 11.5 Å². The van der Waals surface area contributed by atoms with Crippen LogP contribution in [0.3, 0.4) is 0 Å². The van der Waals surface area contributed by atoms with Crippen LogP contribution >= 0.6 is 17.0 Å². The van der Waals surface area contributed by atoms with Crippen LogP contribution in [-0.2, 0) is 44.5 Å². The Balaban J connectivity index is 0. The minimum atomic E-state index is -0.826. The molecule has 0 fully saturated rings. The van der Waals surface area contributed by atoms with Crippen LogP contribution in [0.4, 0.5) is 0 Å². The van der Waals surface area contributed by atoms with Gasteiger partial charge in [0.15, 0.2) is 0 Å². The van der Waals surface area contributed by atoms with Gasteiger partial charge in [-0.2, -0.15) is 0 Å². The third kappa shape index (κ3) is 23.6. The molecule has 0 saturated heterocycles. The molecular formula is C45H78Cl2N2O2Zr. The summed E-state index contributed by atoms with van der Waals surface area (Å²) < 4.78 is 0. The first-order chi connectivity index (χ1) is 23.9. The molecule has 52 heavy (non-hydrogen) atoms. The summed E-state index contributed by atoms with van der Waals surface area (Å²) in [6, 6.07) is 9.09. The number of phenolic OH excluding ortho intramolecular Hbond substituents is 2. The summed E-state index contributed by atoms with van der Waals surface area (Å²) in [4.78, 5) is 8.93. The molecule has 0 radical (unpaired) electrons. The molecule has 0 saturated carbocycles. The second-order valence-corrected chi connectivity index (χ2v) is 20.2. The van der Waals surface area contributed by atoms with E-state index in [1.807, 2.05) is 12.4 Å². The Morgan fingerprint density at radius 1 is 0.577 bits per heavy atom. The van der Waals surface area contributed by atoms with Gasteiger partial charge in [0.2, 0.25) is 0 Å². The molecule has 0 unspecified atom stereocenters. The van der Waals surface area contributed by atoms with Gasteiger partial charge in [0.05, 0.1) is 0 Å². The molecular weight excluding hydrogens is 763 g/mol. The Morgan fingerprint density at radius 3 is 1.13 bits per heavy atom. The average Bonchev–Trinajstić information content (AvgIpc) is 3.03. The molecule has 4 nitrogen and oxygen atoms in total. The number of hydrogen-bond donors (Lipinski definition) is 2. The molecule has 7 heteroatoms. The van der Waals surface area contributed by atoms with Crippen LogP contribution < -0.4 is 0 Å². The zero-order chi connectivity index (χ0) is 39.0. The maximum atomic E-state index is 10.6. The van der Waals surface area contributed by atoms with Gasteiger partial charge in [0.1, 0.15) is 11.5 Å². The van der Waals surface area contributed by atoms with Gasteiger partial charge in [0.25, 0.3) is 0 Å². The van der Waals surface area contributed by atoms with Gasteiger partial charge in [-0.15, -0.1) is 0 Å². The SMILES string of the molecule is C.CCCCCCCCc1cc(C=NC(C)C)c(O)c(C(C)(C)C)c1.CCCCCCCCc1cc(C=NC(C)C)c(O)c(C(C)(C)C)c1.[Cl][Zr][Cl]. The van der Waals surface area contributed by atoms with Crippen LogP contribution in [0.2, 0.25) is 0 Å². The molecule has 0 aromatic heterocycles. The number of aryl methyl sites for hydroxylation is 2. The monoisotopic (exact) mass is 838 g/mol. The van der Waals surface area contributed by atoms with Crippen molar-refractivity contribution in [2.24, 2.45) is 9.98 Å². The Morgan fingerprint density at radius 2 is 0.865 bits per heavy atom. The first kappa shape index (κ1) is 52.9. The number of aliphatic imine (C=N–C) groups is 2. The summed E-state index contributed by atoms with van der Waals surface area (Å²) in [6.07, 6.45) is 21.5. The zero-order valence-corrected chi connectivity index (χ0v) is 38.5. The topological polar surface area (TPSA) is 65.2 Å². The first-order valence-electron chi connectivity index (χ1n) is 19.7. The van der Waals surface area contributed by atoms with Crippen molar-refractivity contribution >= 4 is 29.5 Å². The van der Waals surface area contributed by atoms with Gasteiger partial charge < -0.3 is 10.2 Å². The zero-order valence-electron chi connectivity index (χ0n) is 34.6. The Labute approximate surface area is 340 Å². The maximum absolute atomic E-state index is 10.6. The van der Waals surface area contributed by atoms with Crippen molar-refractivity contribution in [3.8, 4) is 11.5 Å². The van der Waals surface area contributed by atoms with Gasteiger partial charge in [0, 0.05) is 46.8 Å². The molecule has 0 aliphatic carbocycles. The van der Waals surface area contributed by atoms with E-state index < -0.39 is 20.8 Å². The number of rotatable bonds is 18. The predicted octanol–water partition coefficient (Wildman–Crippen LogP) is 14.9. The van der Waals surface area contributed by atoms with E-state index in [9.17, 15) is 10.2 Å². The summed E-state index contributed by atoms with van der Waals surface area (Å²) in [7, 11) is 9.87. The van der Waals surface area contributed by atoms with Crippen molar-refractivity contribution in [3.05, 3.63) is 57.6 Å². The van der Waals surface area contributed by atoms with Gasteiger partial charge in [-0.25, -0.2) is 0 Å². The second-order valence-electron chi connectivity index (χ2n) is 16.5. The Kier molecular flexibility index (Phi) is 29.7. The molecule has 2 N–H and O–H groups in total. The predicted molar refractivity (Wildman–Crippen MR) is 232 cm³/mol. The molecule has 2 rings (SSSR count). The van der Waals surface area contributed by atoms with E-state index in [4.69, 9.17) is 17.0 Å². The molecule has 0 bridgehead atoms. The number of aromatic hydroxyl groups is 2. The second kappa shape index (κ2) is 29.2. The summed E-state index contributed by atoms with van der Waals surface area (Å²) in [5.74, 6) is 0.775. The molecule has 0 spiro atoms. The van der Waals surface area contributed by atoms with Crippen LogP contribution in [0.25, 0.3) is 0 Å². The summed E-state index contributed by atoms with van der Waals surface area (Å²) in [5.41, 5.74) is 6.27. The van der Waals surface area contributed by atoms with Gasteiger partial charge in [-0.1, -0.05) is 139 Å². The third-order valence-electron chi connectivity index (χ3n) is 8.68. The first-order valence-corrected chi connectivity index (χ1v) is 26.0. The molecule has 0 aliphatic heterocycles. The fourth-order valence-electron chi connectivity index (χ4n) is 5.74. The van der Waals surface area contributed by atoms with Crippen molar-refractivity contribution in [1.29, 1.82) is 0 Å². The van der Waals surface area contributed by atoms with E-state index in [0.717, 1.165) is 35.1 Å². The van der Waals surface area contributed by atoms with Gasteiger partial charge in [-0.05, 0) is 87.5 Å². The van der Waals surface area contributed by atoms with Crippen LogP contribution in [0, 0.1) is 0 Å². The van der Waals surface area contributed by atoms with E-state index in [1.54, 1.807) is 0 Å². The number of hydrogen-bond acceptors (Lipinski definition) is 4. The molecule has 2 aromatic rings. The van der Waals surface area contributed by atoms with Crippen molar-refractivity contribution in [2.75, 3.05) is 0 Å². The normalized spacial score (nSPS) is 11.8. The fourth-order valence-corrected chi connectivity index (χ4v) is 5.74. The number of phenols is 2. The van der Waals surface area contributed by atoms with Crippen LogP contribution in [-0.4, -0.2) is 34.7 Å². The number of benzene rings is 2. The van der Waals surface area contributed by atoms with E-state index in [2.05, 4.69) is 117 Å². The Bertz CT molecular complexity index is 1180. The quantitative estimate of drug-likeness (QED) is 0.116. The number of halogens is 2. The standard InChI is InChI=1S/2C22H37NO.CH4.2ClH.Zr/c2*1-7-8-9-10-11-12-13-18-14-19(16-23-17(2)3)21(24)20(15-18)22(4,5)6;;;;/h2*14-17,24H,7-13H2,1-6H3;1H4;2*1H;/q;;;;;+2/p-2. The van der Waals surface area contributed by atoms with Crippen molar-refractivity contribution in [2.45, 2.75) is 203 Å². The molecule has 0 atom stereocenters. The van der Waals surface area contributed by atoms with Crippen LogP contribution in [0.1, 0.15) is 201 Å². The van der Waals surface area contributed by atoms with Gasteiger partial charge in [-0.3, -0.25) is 9.98 Å². The van der Waals surface area contributed by atoms with Crippen molar-refractivity contribution in [1.82, 2.24) is 0 Å². The minimum absolute atomic E-state index is 0. The Hall–Kier alpha value is -1.16. The molecule has 298 valence electrons.